The molecule has 3 aliphatic rings. The van der Waals surface area contributed by atoms with E-state index in [0.29, 0.717) is 5.92 Å². The number of hydrogen-bond donors (Lipinski definition) is 1. The van der Waals surface area contributed by atoms with Crippen LogP contribution in [0.15, 0.2) is 6.20 Å². The van der Waals surface area contributed by atoms with Gasteiger partial charge in [0.25, 0.3) is 5.91 Å². The van der Waals surface area contributed by atoms with Crippen molar-refractivity contribution in [3.63, 3.8) is 0 Å². The third-order valence-electron chi connectivity index (χ3n) is 5.01. The number of hydrogen-bond acceptors (Lipinski definition) is 3. The molecule has 5 nitrogen and oxygen atoms in total. The van der Waals surface area contributed by atoms with Crippen molar-refractivity contribution in [2.24, 2.45) is 5.41 Å². The summed E-state index contributed by atoms with van der Waals surface area (Å²) in [6.45, 7) is 3.40. The molecule has 1 saturated carbocycles. The van der Waals surface area contributed by atoms with E-state index < -0.39 is 0 Å². The summed E-state index contributed by atoms with van der Waals surface area (Å²) < 4.78 is 5.64. The Labute approximate surface area is 118 Å². The van der Waals surface area contributed by atoms with Crippen molar-refractivity contribution in [3.05, 3.63) is 17.5 Å². The minimum atomic E-state index is 0.156. The summed E-state index contributed by atoms with van der Waals surface area (Å²) in [5, 5.41) is 7.10. The molecule has 108 valence electrons. The molecule has 1 aliphatic carbocycles. The number of carbonyl (C=O) groups is 1. The lowest BCUT2D eigenvalue weighted by Crippen LogP contribution is -2.37. The van der Waals surface area contributed by atoms with Gasteiger partial charge < -0.3 is 9.64 Å². The molecule has 1 spiro atoms. The molecule has 1 aromatic heterocycles. The molecule has 1 N–H and O–H groups in total. The lowest BCUT2D eigenvalue weighted by atomic mass is 9.82. The Hall–Kier alpha value is -1.36. The molecule has 2 saturated heterocycles. The van der Waals surface area contributed by atoms with Crippen LogP contribution in [0.4, 0.5) is 0 Å². The summed E-state index contributed by atoms with van der Waals surface area (Å²) in [5.41, 5.74) is 2.06. The number of amides is 1. The van der Waals surface area contributed by atoms with Crippen molar-refractivity contribution in [2.45, 2.75) is 38.0 Å². The van der Waals surface area contributed by atoms with E-state index in [1.54, 1.807) is 6.20 Å². The monoisotopic (exact) mass is 275 g/mol. The first-order valence-corrected chi connectivity index (χ1v) is 7.68. The predicted octanol–water partition coefficient (Wildman–Crippen LogP) is 1.93. The van der Waals surface area contributed by atoms with Crippen molar-refractivity contribution in [1.29, 1.82) is 0 Å². The maximum atomic E-state index is 12.7. The Balaban J connectivity index is 1.50. The first-order valence-electron chi connectivity index (χ1n) is 7.68. The zero-order valence-electron chi connectivity index (χ0n) is 11.7. The standard InChI is InChI=1S/C15H21N3O2/c19-14(12-8-16-17-13(12)11-2-3-11)18-6-5-15(9-18)4-1-7-20-10-15/h8,11H,1-7,9-10H2,(H,16,17). The van der Waals surface area contributed by atoms with E-state index in [-0.39, 0.29) is 11.3 Å². The number of nitrogens with one attached hydrogen (secondary N) is 1. The Kier molecular flexibility index (Phi) is 2.84. The molecule has 2 aliphatic heterocycles. The molecule has 0 radical (unpaired) electrons. The second-order valence-corrected chi connectivity index (χ2v) is 6.60. The predicted molar refractivity (Wildman–Crippen MR) is 73.6 cm³/mol. The van der Waals surface area contributed by atoms with Crippen LogP contribution in [0.3, 0.4) is 0 Å². The van der Waals surface area contributed by atoms with Gasteiger partial charge in [0.1, 0.15) is 0 Å². The Bertz CT molecular complexity index is 515. The van der Waals surface area contributed by atoms with Gasteiger partial charge in [-0.05, 0) is 32.1 Å². The third kappa shape index (κ3) is 2.04. The molecule has 20 heavy (non-hydrogen) atoms. The quantitative estimate of drug-likeness (QED) is 0.897. The van der Waals surface area contributed by atoms with Crippen LogP contribution in [0.1, 0.15) is 54.1 Å². The van der Waals surface area contributed by atoms with Crippen LogP contribution < -0.4 is 0 Å². The van der Waals surface area contributed by atoms with Crippen LogP contribution in [-0.2, 0) is 4.74 Å². The van der Waals surface area contributed by atoms with E-state index in [4.69, 9.17) is 4.74 Å². The molecule has 3 fully saturated rings. The molecule has 1 atom stereocenters. The van der Waals surface area contributed by atoms with Crippen molar-refractivity contribution in [2.75, 3.05) is 26.3 Å². The fourth-order valence-electron chi connectivity index (χ4n) is 3.66. The van der Waals surface area contributed by atoms with Gasteiger partial charge in [-0.1, -0.05) is 0 Å². The van der Waals surface area contributed by atoms with Gasteiger partial charge in [0.15, 0.2) is 0 Å². The third-order valence-corrected chi connectivity index (χ3v) is 5.01. The van der Waals surface area contributed by atoms with Gasteiger partial charge in [-0.3, -0.25) is 9.89 Å². The van der Waals surface area contributed by atoms with Gasteiger partial charge >= 0.3 is 0 Å². The first-order chi connectivity index (χ1) is 9.77. The van der Waals surface area contributed by atoms with Gasteiger partial charge in [-0.25, -0.2) is 0 Å². The number of nitrogens with zero attached hydrogens (tertiary/aromatic N) is 2. The minimum Gasteiger partial charge on any atom is -0.381 e. The summed E-state index contributed by atoms with van der Waals surface area (Å²) in [5.74, 6) is 0.689. The fraction of sp³-hybridized carbons (Fsp3) is 0.733. The van der Waals surface area contributed by atoms with Crippen molar-refractivity contribution < 1.29 is 9.53 Å². The summed E-state index contributed by atoms with van der Waals surface area (Å²) in [6, 6.07) is 0. The normalized spacial score (nSPS) is 30.1. The van der Waals surface area contributed by atoms with Gasteiger partial charge in [-0.2, -0.15) is 5.10 Å². The second-order valence-electron chi connectivity index (χ2n) is 6.60. The zero-order chi connectivity index (χ0) is 13.6. The van der Waals surface area contributed by atoms with Gasteiger partial charge in [0.2, 0.25) is 0 Å². The van der Waals surface area contributed by atoms with Crippen molar-refractivity contribution in [3.8, 4) is 0 Å². The van der Waals surface area contributed by atoms with Crippen molar-refractivity contribution >= 4 is 5.91 Å². The SMILES string of the molecule is O=C(c1cn[nH]c1C1CC1)N1CCC2(CCCOC2)C1. The van der Waals surface area contributed by atoms with Gasteiger partial charge in [0, 0.05) is 31.0 Å². The van der Waals surface area contributed by atoms with E-state index in [9.17, 15) is 4.79 Å². The van der Waals surface area contributed by atoms with Crippen LogP contribution >= 0.6 is 0 Å². The Morgan fingerprint density at radius 3 is 3.10 bits per heavy atom. The fourth-order valence-corrected chi connectivity index (χ4v) is 3.66. The highest BCUT2D eigenvalue weighted by Crippen LogP contribution is 2.42. The second kappa shape index (κ2) is 4.58. The van der Waals surface area contributed by atoms with E-state index in [1.165, 1.54) is 19.3 Å². The maximum Gasteiger partial charge on any atom is 0.257 e. The van der Waals surface area contributed by atoms with Crippen LogP contribution in [0, 0.1) is 5.41 Å². The molecular weight excluding hydrogens is 254 g/mol. The average molecular weight is 275 g/mol. The highest BCUT2D eigenvalue weighted by atomic mass is 16.5. The minimum absolute atomic E-state index is 0.156. The van der Waals surface area contributed by atoms with Crippen LogP contribution in [0.25, 0.3) is 0 Å². The topological polar surface area (TPSA) is 58.2 Å². The average Bonchev–Trinajstić information content (AvgIpc) is 3.06. The molecule has 0 bridgehead atoms. The summed E-state index contributed by atoms with van der Waals surface area (Å²) >= 11 is 0. The van der Waals surface area contributed by atoms with E-state index in [2.05, 4.69) is 10.2 Å². The van der Waals surface area contributed by atoms with Gasteiger partial charge in [0.05, 0.1) is 24.1 Å². The van der Waals surface area contributed by atoms with E-state index in [0.717, 1.165) is 50.4 Å². The number of likely N-dealkylation sites (tertiary alicyclic amines) is 1. The lowest BCUT2D eigenvalue weighted by molar-refractivity contribution is -0.00160. The molecule has 3 heterocycles. The molecule has 5 heteroatoms. The highest BCUT2D eigenvalue weighted by Gasteiger charge is 2.42. The molecule has 1 unspecified atom stereocenters. The highest BCUT2D eigenvalue weighted by molar-refractivity contribution is 5.95. The van der Waals surface area contributed by atoms with Gasteiger partial charge in [-0.15, -0.1) is 0 Å². The largest absolute Gasteiger partial charge is 0.381 e. The number of H-pyrrole nitrogens is 1. The van der Waals surface area contributed by atoms with Crippen LogP contribution in [-0.4, -0.2) is 47.3 Å². The summed E-state index contributed by atoms with van der Waals surface area (Å²) in [4.78, 5) is 14.7. The summed E-state index contributed by atoms with van der Waals surface area (Å²) in [7, 11) is 0. The molecule has 1 amide bonds. The maximum absolute atomic E-state index is 12.7. The summed E-state index contributed by atoms with van der Waals surface area (Å²) in [6.07, 6.45) is 7.47. The van der Waals surface area contributed by atoms with Crippen molar-refractivity contribution in [1.82, 2.24) is 15.1 Å². The smallest absolute Gasteiger partial charge is 0.257 e. The molecular formula is C15H21N3O2. The van der Waals surface area contributed by atoms with E-state index in [1.807, 2.05) is 4.90 Å². The Morgan fingerprint density at radius 2 is 2.35 bits per heavy atom. The number of carbonyl (C=O) groups excluding carboxylic acids is 1. The number of ether oxygens (including phenoxy) is 1. The first kappa shape index (κ1) is 12.4. The van der Waals surface area contributed by atoms with Crippen LogP contribution in [0.2, 0.25) is 0 Å². The lowest BCUT2D eigenvalue weighted by Gasteiger charge is -2.32. The number of aromatic amines is 1. The van der Waals surface area contributed by atoms with Crippen LogP contribution in [0.5, 0.6) is 0 Å². The Morgan fingerprint density at radius 1 is 1.45 bits per heavy atom. The number of rotatable bonds is 2. The zero-order valence-corrected chi connectivity index (χ0v) is 11.7. The molecule has 1 aromatic rings. The molecule has 4 rings (SSSR count). The molecule has 0 aromatic carbocycles. The van der Waals surface area contributed by atoms with E-state index >= 15 is 0 Å². The number of aromatic nitrogens is 2.